The molecule has 0 saturated carbocycles. The maximum atomic E-state index is 3.60. The molecule has 10 heavy (non-hydrogen) atoms. The summed E-state index contributed by atoms with van der Waals surface area (Å²) >= 11 is 0. The molecule has 0 atom stereocenters. The second kappa shape index (κ2) is 22.6. The van der Waals surface area contributed by atoms with Crippen LogP contribution in [0.1, 0.15) is 46.5 Å². The predicted molar refractivity (Wildman–Crippen MR) is 50.9 cm³/mol. The molecular weight excluding hydrogens is 132 g/mol. The monoisotopic (exact) mass is 152 g/mol. The summed E-state index contributed by atoms with van der Waals surface area (Å²) in [5.41, 5.74) is 0. The van der Waals surface area contributed by atoms with Gasteiger partial charge in [0.05, 0.1) is 0 Å². The molecule has 0 aromatic rings. The van der Waals surface area contributed by atoms with E-state index < -0.39 is 0 Å². The van der Waals surface area contributed by atoms with Gasteiger partial charge in [-0.3, -0.25) is 0 Å². The quantitative estimate of drug-likeness (QED) is 0.430. The van der Waals surface area contributed by atoms with E-state index in [1.807, 2.05) is 0 Å². The van der Waals surface area contributed by atoms with Gasteiger partial charge in [-0.1, -0.05) is 26.7 Å². The summed E-state index contributed by atoms with van der Waals surface area (Å²) in [4.78, 5) is 0. The van der Waals surface area contributed by atoms with Crippen molar-refractivity contribution in [1.82, 2.24) is 0 Å². The average molecular weight is 153 g/mol. The van der Waals surface area contributed by atoms with Crippen molar-refractivity contribution in [3.63, 3.8) is 0 Å². The van der Waals surface area contributed by atoms with Crippen molar-refractivity contribution in [2.24, 2.45) is 0 Å². The van der Waals surface area contributed by atoms with E-state index in [1.54, 1.807) is 0 Å². The van der Waals surface area contributed by atoms with Crippen LogP contribution in [-0.2, 0) is 0 Å². The third-order valence-electron chi connectivity index (χ3n) is 0.931. The fraction of sp³-hybridized carbons (Fsp3) is 0.778. The molecule has 0 aliphatic rings. The Morgan fingerprint density at radius 3 is 1.60 bits per heavy atom. The molecule has 0 aliphatic heterocycles. The van der Waals surface area contributed by atoms with Gasteiger partial charge in [-0.25, -0.2) is 0 Å². The first-order valence-electron chi connectivity index (χ1n) is 3.90. The van der Waals surface area contributed by atoms with E-state index in [1.165, 1.54) is 19.3 Å². The zero-order valence-corrected chi connectivity index (χ0v) is 9.23. The third-order valence-corrected chi connectivity index (χ3v) is 0.931. The van der Waals surface area contributed by atoms with Gasteiger partial charge in [0.15, 0.2) is 0 Å². The molecule has 0 fully saturated rings. The summed E-state index contributed by atoms with van der Waals surface area (Å²) < 4.78 is 0. The SMILES string of the molecule is C[CH-]CCC.[CH2-]CCC.[Mg+2]. The number of rotatable bonds is 3. The summed E-state index contributed by atoms with van der Waals surface area (Å²) in [7, 11) is 0. The molecule has 0 nitrogen and oxygen atoms in total. The van der Waals surface area contributed by atoms with E-state index in [4.69, 9.17) is 0 Å². The molecule has 0 amide bonds. The van der Waals surface area contributed by atoms with E-state index >= 15 is 0 Å². The van der Waals surface area contributed by atoms with Gasteiger partial charge in [0, 0.05) is 0 Å². The van der Waals surface area contributed by atoms with Crippen molar-refractivity contribution in [3.05, 3.63) is 13.3 Å². The molecule has 1 heteroatoms. The molecule has 0 aromatic heterocycles. The predicted octanol–water partition coefficient (Wildman–Crippen LogP) is 3.25. The van der Waals surface area contributed by atoms with E-state index in [-0.39, 0.29) is 23.1 Å². The summed E-state index contributed by atoms with van der Waals surface area (Å²) in [6.07, 6.45) is 7.01. The first-order valence-corrected chi connectivity index (χ1v) is 3.90. The van der Waals surface area contributed by atoms with Crippen LogP contribution in [0.4, 0.5) is 0 Å². The van der Waals surface area contributed by atoms with Crippen LogP contribution >= 0.6 is 0 Å². The second-order valence-electron chi connectivity index (χ2n) is 2.05. The van der Waals surface area contributed by atoms with Crippen molar-refractivity contribution >= 4 is 23.1 Å². The van der Waals surface area contributed by atoms with Crippen LogP contribution in [-0.4, -0.2) is 23.1 Å². The summed E-state index contributed by atoms with van der Waals surface area (Å²) in [6.45, 7) is 9.99. The van der Waals surface area contributed by atoms with Gasteiger partial charge in [-0.2, -0.15) is 19.8 Å². The van der Waals surface area contributed by atoms with Gasteiger partial charge >= 0.3 is 23.1 Å². The van der Waals surface area contributed by atoms with E-state index in [0.29, 0.717) is 0 Å². The largest absolute Gasteiger partial charge is 2.00 e. The molecule has 0 bridgehead atoms. The van der Waals surface area contributed by atoms with Gasteiger partial charge in [0.1, 0.15) is 0 Å². The normalized spacial score (nSPS) is 7.20. The van der Waals surface area contributed by atoms with E-state index in [9.17, 15) is 0 Å². The number of hydrogen-bond acceptors (Lipinski definition) is 0. The summed E-state index contributed by atoms with van der Waals surface area (Å²) in [5.74, 6) is 0. The van der Waals surface area contributed by atoms with Gasteiger partial charge < -0.3 is 13.3 Å². The third kappa shape index (κ3) is 37.3. The minimum absolute atomic E-state index is 0. The minimum atomic E-state index is 0. The Kier molecular flexibility index (Phi) is 38.4. The molecule has 0 aromatic carbocycles. The molecule has 0 spiro atoms. The topological polar surface area (TPSA) is 0 Å². The summed E-state index contributed by atoms with van der Waals surface area (Å²) in [5, 5.41) is 0. The van der Waals surface area contributed by atoms with Crippen molar-refractivity contribution < 1.29 is 0 Å². The van der Waals surface area contributed by atoms with Crippen LogP contribution in [0.3, 0.4) is 0 Å². The molecule has 0 N–H and O–H groups in total. The van der Waals surface area contributed by atoms with Crippen molar-refractivity contribution in [3.8, 4) is 0 Å². The maximum absolute atomic E-state index is 3.60. The smallest absolute Gasteiger partial charge is 0.343 e. The molecule has 0 saturated heterocycles. The standard InChI is InChI=1S/C5H11.C4H9.Mg/c1-3-5-4-2;1-3-4-2;/h3H,4-5H2,1-2H3;1,3-4H2,2H3;/q2*-1;+2. The molecule has 58 valence electrons. The summed E-state index contributed by atoms with van der Waals surface area (Å²) in [6, 6.07) is 0. The van der Waals surface area contributed by atoms with Crippen LogP contribution in [0.2, 0.25) is 0 Å². The van der Waals surface area contributed by atoms with Gasteiger partial charge in [-0.05, 0) is 0 Å². The number of hydrogen-bond donors (Lipinski definition) is 0. The fourth-order valence-electron chi connectivity index (χ4n) is 0.289. The number of unbranched alkanes of at least 4 members (excludes halogenated alkanes) is 3. The van der Waals surface area contributed by atoms with E-state index in [0.717, 1.165) is 6.42 Å². The Balaban J connectivity index is -0.0000000910. The van der Waals surface area contributed by atoms with Crippen LogP contribution in [0.25, 0.3) is 0 Å². The molecule has 0 aliphatic carbocycles. The van der Waals surface area contributed by atoms with Crippen molar-refractivity contribution in [2.75, 3.05) is 0 Å². The second-order valence-corrected chi connectivity index (χ2v) is 2.05. The van der Waals surface area contributed by atoms with Gasteiger partial charge in [0.2, 0.25) is 0 Å². The average Bonchev–Trinajstić information content (AvgIpc) is 1.91. The Labute approximate surface area is 82.9 Å². The molecule has 0 radical (unpaired) electrons. The Bertz CT molecular complexity index is 23.9. The Morgan fingerprint density at radius 1 is 1.20 bits per heavy atom. The first-order chi connectivity index (χ1) is 4.33. The molecule has 0 unspecified atom stereocenters. The Morgan fingerprint density at radius 2 is 1.60 bits per heavy atom. The fourth-order valence-corrected chi connectivity index (χ4v) is 0.289. The molecular formula is C9H20Mg. The van der Waals surface area contributed by atoms with Crippen LogP contribution in [0, 0.1) is 13.3 Å². The molecule has 0 rings (SSSR count). The Hall–Kier alpha value is 0.766. The van der Waals surface area contributed by atoms with E-state index in [2.05, 4.69) is 34.1 Å². The van der Waals surface area contributed by atoms with Crippen molar-refractivity contribution in [2.45, 2.75) is 46.5 Å². The zero-order valence-electron chi connectivity index (χ0n) is 7.82. The minimum Gasteiger partial charge on any atom is -0.343 e. The van der Waals surface area contributed by atoms with Crippen LogP contribution in [0.5, 0.6) is 0 Å². The van der Waals surface area contributed by atoms with Crippen LogP contribution < -0.4 is 0 Å². The zero-order chi connectivity index (χ0) is 7.54. The molecule has 0 heterocycles. The van der Waals surface area contributed by atoms with Gasteiger partial charge in [-0.15, -0.1) is 0 Å². The van der Waals surface area contributed by atoms with Gasteiger partial charge in [0.25, 0.3) is 0 Å². The van der Waals surface area contributed by atoms with Crippen LogP contribution in [0.15, 0.2) is 0 Å². The first kappa shape index (κ1) is 17.0. The van der Waals surface area contributed by atoms with Crippen molar-refractivity contribution in [1.29, 1.82) is 0 Å². The maximum Gasteiger partial charge on any atom is 2.00 e.